The van der Waals surface area contributed by atoms with Gasteiger partial charge in [0, 0.05) is 48.0 Å². The number of hydrogen-bond acceptors (Lipinski definition) is 9. The Balaban J connectivity index is 1.06. The van der Waals surface area contributed by atoms with Crippen LogP contribution in [0, 0.1) is 0 Å². The van der Waals surface area contributed by atoms with Crippen molar-refractivity contribution < 1.29 is 22.3 Å². The predicted molar refractivity (Wildman–Crippen MR) is 151 cm³/mol. The molecule has 2 aromatic carbocycles. The third-order valence-electron chi connectivity index (χ3n) is 7.82. The van der Waals surface area contributed by atoms with E-state index < -0.39 is 6.36 Å². The fourth-order valence-corrected chi connectivity index (χ4v) is 5.83. The Morgan fingerprint density at radius 3 is 2.38 bits per heavy atom. The molecule has 3 atom stereocenters. The molecule has 0 bridgehead atoms. The molecule has 0 radical (unpaired) electrons. The van der Waals surface area contributed by atoms with E-state index in [4.69, 9.17) is 4.42 Å². The number of nitrogens with zero attached hydrogens (tertiary/aromatic N) is 6. The number of aromatic nitrogens is 5. The monoisotopic (exact) mass is 582 g/mol. The van der Waals surface area contributed by atoms with Crippen LogP contribution in [0.5, 0.6) is 5.75 Å². The van der Waals surface area contributed by atoms with E-state index in [1.807, 2.05) is 12.1 Å². The molecule has 3 heterocycles. The van der Waals surface area contributed by atoms with E-state index in [-0.39, 0.29) is 17.8 Å². The fraction of sp³-hybridized carbons (Fsp3) is 0.448. The summed E-state index contributed by atoms with van der Waals surface area (Å²) < 4.78 is 47.3. The fourth-order valence-electron chi connectivity index (χ4n) is 5.83. The smallest absolute Gasteiger partial charge is 0.424 e. The molecular weight excluding hydrogens is 549 g/mol. The Morgan fingerprint density at radius 2 is 1.67 bits per heavy atom. The number of benzene rings is 2. The quantitative estimate of drug-likeness (QED) is 0.282. The summed E-state index contributed by atoms with van der Waals surface area (Å²) in [6, 6.07) is 15.1. The van der Waals surface area contributed by atoms with Gasteiger partial charge in [0.1, 0.15) is 5.75 Å². The molecule has 1 aliphatic heterocycles. The summed E-state index contributed by atoms with van der Waals surface area (Å²) >= 11 is 0. The van der Waals surface area contributed by atoms with Crippen molar-refractivity contribution in [2.24, 2.45) is 7.05 Å². The van der Waals surface area contributed by atoms with Gasteiger partial charge < -0.3 is 24.7 Å². The lowest BCUT2D eigenvalue weighted by molar-refractivity contribution is -0.274. The molecular formula is C29H33F3N8O2. The van der Waals surface area contributed by atoms with Crippen LogP contribution in [-0.2, 0) is 7.05 Å². The van der Waals surface area contributed by atoms with Gasteiger partial charge in [-0.25, -0.2) is 4.98 Å². The third-order valence-corrected chi connectivity index (χ3v) is 7.82. The van der Waals surface area contributed by atoms with Crippen molar-refractivity contribution in [3.05, 3.63) is 54.7 Å². The minimum atomic E-state index is -4.73. The first-order valence-electron chi connectivity index (χ1n) is 14.2. The van der Waals surface area contributed by atoms with Crippen molar-refractivity contribution in [3.8, 4) is 28.5 Å². The largest absolute Gasteiger partial charge is 0.573 e. The lowest BCUT2D eigenvalue weighted by atomic mass is 9.89. The Bertz CT molecular complexity index is 1450. The Hall–Kier alpha value is -4.13. The summed E-state index contributed by atoms with van der Waals surface area (Å²) in [5.41, 5.74) is 2.74. The number of hydrogen-bond donors (Lipinski definition) is 2. The number of piperidine rings is 1. The molecule has 0 spiro atoms. The predicted octanol–water partition coefficient (Wildman–Crippen LogP) is 5.41. The van der Waals surface area contributed by atoms with Gasteiger partial charge in [-0.3, -0.25) is 0 Å². The van der Waals surface area contributed by atoms with Crippen molar-refractivity contribution in [3.63, 3.8) is 0 Å². The van der Waals surface area contributed by atoms with Crippen molar-refractivity contribution in [1.29, 1.82) is 0 Å². The van der Waals surface area contributed by atoms with Crippen molar-refractivity contribution >= 4 is 11.7 Å². The van der Waals surface area contributed by atoms with Crippen LogP contribution >= 0.6 is 0 Å². The summed E-state index contributed by atoms with van der Waals surface area (Å²) in [6.07, 6.45) is 3.40. The van der Waals surface area contributed by atoms with Crippen LogP contribution in [0.3, 0.4) is 0 Å². The van der Waals surface area contributed by atoms with Gasteiger partial charge in [-0.05, 0) is 79.4 Å². The molecule has 222 valence electrons. The maximum atomic E-state index is 12.5. The van der Waals surface area contributed by atoms with Crippen LogP contribution in [0.2, 0.25) is 0 Å². The van der Waals surface area contributed by atoms with Gasteiger partial charge in [0.15, 0.2) is 5.76 Å². The number of halogens is 3. The second kappa shape index (κ2) is 12.0. The maximum Gasteiger partial charge on any atom is 0.573 e. The highest BCUT2D eigenvalue weighted by Gasteiger charge is 2.32. The number of oxazole rings is 1. The zero-order chi connectivity index (χ0) is 29.1. The van der Waals surface area contributed by atoms with Crippen LogP contribution in [0.4, 0.5) is 24.9 Å². The van der Waals surface area contributed by atoms with Gasteiger partial charge in [0.2, 0.25) is 5.82 Å². The number of aryl methyl sites for hydroxylation is 1. The Morgan fingerprint density at radius 1 is 0.929 bits per heavy atom. The first kappa shape index (κ1) is 28.0. The number of ether oxygens (including phenoxy) is 1. The average Bonchev–Trinajstić information content (AvgIpc) is 3.63. The molecule has 1 saturated carbocycles. The Kier molecular flexibility index (Phi) is 8.00. The lowest BCUT2D eigenvalue weighted by Crippen LogP contribution is -2.54. The minimum Gasteiger partial charge on any atom is -0.424 e. The van der Waals surface area contributed by atoms with Crippen LogP contribution in [0.1, 0.15) is 38.5 Å². The molecule has 2 aromatic heterocycles. The average molecular weight is 583 g/mol. The van der Waals surface area contributed by atoms with Crippen LogP contribution in [0.15, 0.2) is 59.1 Å². The maximum absolute atomic E-state index is 12.5. The zero-order valence-electron chi connectivity index (χ0n) is 23.2. The zero-order valence-corrected chi connectivity index (χ0v) is 23.2. The number of rotatable bonds is 8. The molecule has 10 nitrogen and oxygen atoms in total. The van der Waals surface area contributed by atoms with Gasteiger partial charge in [-0.15, -0.1) is 23.4 Å². The summed E-state index contributed by atoms with van der Waals surface area (Å²) in [6.45, 7) is 1.93. The third kappa shape index (κ3) is 6.84. The van der Waals surface area contributed by atoms with Crippen LogP contribution in [-0.4, -0.2) is 62.8 Å². The van der Waals surface area contributed by atoms with Crippen LogP contribution < -0.4 is 20.3 Å². The highest BCUT2D eigenvalue weighted by molar-refractivity contribution is 5.60. The van der Waals surface area contributed by atoms with Gasteiger partial charge in [-0.2, -0.15) is 4.80 Å². The van der Waals surface area contributed by atoms with Gasteiger partial charge in [0.05, 0.1) is 13.2 Å². The molecule has 2 N–H and O–H groups in total. The van der Waals surface area contributed by atoms with E-state index >= 15 is 0 Å². The van der Waals surface area contributed by atoms with Gasteiger partial charge >= 0.3 is 6.36 Å². The van der Waals surface area contributed by atoms with E-state index in [0.29, 0.717) is 29.2 Å². The number of nitrogens with one attached hydrogen (secondary N) is 2. The summed E-state index contributed by atoms with van der Waals surface area (Å²) in [7, 11) is 1.75. The topological polar surface area (TPSA) is 106 Å². The molecule has 2 fully saturated rings. The van der Waals surface area contributed by atoms with Crippen molar-refractivity contribution in [1.82, 2.24) is 30.5 Å². The second-order valence-electron chi connectivity index (χ2n) is 10.8. The normalized spacial score (nSPS) is 21.3. The highest BCUT2D eigenvalue weighted by atomic mass is 19.4. The summed E-state index contributed by atoms with van der Waals surface area (Å²) in [5.74, 6) is 0.808. The number of anilines is 2. The number of tetrazole rings is 1. The summed E-state index contributed by atoms with van der Waals surface area (Å²) in [4.78, 5) is 8.27. The van der Waals surface area contributed by atoms with Gasteiger partial charge in [0.25, 0.3) is 6.01 Å². The molecule has 1 saturated heterocycles. The van der Waals surface area contributed by atoms with Gasteiger partial charge in [-0.1, -0.05) is 12.8 Å². The SMILES string of the molecule is Cn1nnc(-c2ccc(N3CCCC(NC4CCCCC4Nc4ncc(-c5ccc(OC(F)(F)F)cc5)o4)C3)cc2)n1. The van der Waals surface area contributed by atoms with E-state index in [2.05, 4.69) is 52.8 Å². The lowest BCUT2D eigenvalue weighted by Gasteiger charge is -2.40. The molecule has 6 rings (SSSR count). The molecule has 13 heteroatoms. The molecule has 2 aliphatic rings. The number of alkyl halides is 3. The first-order valence-corrected chi connectivity index (χ1v) is 14.2. The highest BCUT2D eigenvalue weighted by Crippen LogP contribution is 2.30. The first-order chi connectivity index (χ1) is 20.3. The van der Waals surface area contributed by atoms with Crippen molar-refractivity contribution in [2.75, 3.05) is 23.3 Å². The van der Waals surface area contributed by atoms with E-state index in [0.717, 1.165) is 57.2 Å². The Labute approximate surface area is 241 Å². The van der Waals surface area contributed by atoms with Crippen molar-refractivity contribution in [2.45, 2.75) is 63.0 Å². The van der Waals surface area contributed by atoms with E-state index in [1.165, 1.54) is 34.7 Å². The second-order valence-corrected chi connectivity index (χ2v) is 10.8. The van der Waals surface area contributed by atoms with E-state index in [9.17, 15) is 13.2 Å². The van der Waals surface area contributed by atoms with Crippen LogP contribution in [0.25, 0.3) is 22.7 Å². The standard InChI is InChI=1S/C29H33F3N8O2/c1-39-37-27(36-38-39)20-8-12-22(13-9-20)40-16-4-5-21(18-40)34-24-6-2-3-7-25(24)35-28-33-17-26(41-28)19-10-14-23(15-11-19)42-29(30,31)32/h8-15,17,21,24-25,34H,2-7,16,18H2,1H3,(H,33,35). The summed E-state index contributed by atoms with van der Waals surface area (Å²) in [5, 5.41) is 19.7. The van der Waals surface area contributed by atoms with E-state index in [1.54, 1.807) is 13.2 Å². The minimum absolute atomic E-state index is 0.155. The molecule has 42 heavy (non-hydrogen) atoms. The molecule has 0 amide bonds. The molecule has 4 aromatic rings. The molecule has 3 unspecified atom stereocenters. The molecule has 1 aliphatic carbocycles.